The SMILES string of the molecule is COC(=O)C1CCCCC1S(=O)(=O)NC1CC(N)C1.Cl. The van der Waals surface area contributed by atoms with Crippen molar-refractivity contribution >= 4 is 28.4 Å². The van der Waals surface area contributed by atoms with Crippen LogP contribution in [-0.2, 0) is 19.6 Å². The van der Waals surface area contributed by atoms with Gasteiger partial charge in [-0.3, -0.25) is 4.79 Å². The van der Waals surface area contributed by atoms with Crippen LogP contribution in [0.3, 0.4) is 0 Å². The van der Waals surface area contributed by atoms with Gasteiger partial charge in [0, 0.05) is 12.1 Å². The van der Waals surface area contributed by atoms with Crippen molar-refractivity contribution in [3.05, 3.63) is 0 Å². The lowest BCUT2D eigenvalue weighted by Gasteiger charge is -2.36. The number of carbonyl (C=O) groups excluding carboxylic acids is 1. The topological polar surface area (TPSA) is 98.5 Å². The van der Waals surface area contributed by atoms with E-state index in [9.17, 15) is 13.2 Å². The Hall–Kier alpha value is -0.370. The van der Waals surface area contributed by atoms with Gasteiger partial charge < -0.3 is 10.5 Å². The summed E-state index contributed by atoms with van der Waals surface area (Å²) in [5.74, 6) is -0.953. The Morgan fingerprint density at radius 3 is 2.40 bits per heavy atom. The first-order valence-electron chi connectivity index (χ1n) is 6.78. The largest absolute Gasteiger partial charge is 0.469 e. The highest BCUT2D eigenvalue weighted by molar-refractivity contribution is 7.90. The van der Waals surface area contributed by atoms with Gasteiger partial charge in [-0.2, -0.15) is 0 Å². The molecule has 2 atom stereocenters. The molecule has 0 radical (unpaired) electrons. The number of hydrogen-bond donors (Lipinski definition) is 2. The van der Waals surface area contributed by atoms with E-state index < -0.39 is 27.2 Å². The third-order valence-electron chi connectivity index (χ3n) is 4.11. The number of ether oxygens (including phenoxy) is 1. The molecule has 0 spiro atoms. The molecule has 0 amide bonds. The molecule has 2 fully saturated rings. The number of sulfonamides is 1. The van der Waals surface area contributed by atoms with Crippen LogP contribution in [0.25, 0.3) is 0 Å². The van der Waals surface area contributed by atoms with Gasteiger partial charge in [-0.05, 0) is 25.7 Å². The van der Waals surface area contributed by atoms with Crippen molar-refractivity contribution in [3.8, 4) is 0 Å². The third-order valence-corrected chi connectivity index (χ3v) is 6.13. The zero-order valence-corrected chi connectivity index (χ0v) is 13.2. The Bertz CT molecular complexity index is 437. The molecular formula is C12H23ClN2O4S. The van der Waals surface area contributed by atoms with Crippen LogP contribution in [0.4, 0.5) is 0 Å². The molecule has 2 rings (SSSR count). The van der Waals surface area contributed by atoms with E-state index in [0.29, 0.717) is 25.7 Å². The van der Waals surface area contributed by atoms with E-state index in [-0.39, 0.29) is 24.5 Å². The summed E-state index contributed by atoms with van der Waals surface area (Å²) in [5, 5.41) is -0.662. The summed E-state index contributed by atoms with van der Waals surface area (Å²) in [4.78, 5) is 11.7. The predicted octanol–water partition coefficient (Wildman–Crippen LogP) is 0.549. The van der Waals surface area contributed by atoms with Gasteiger partial charge in [0.15, 0.2) is 0 Å². The van der Waals surface area contributed by atoms with E-state index in [1.54, 1.807) is 0 Å². The van der Waals surface area contributed by atoms with Crippen LogP contribution < -0.4 is 10.5 Å². The molecule has 0 aromatic heterocycles. The van der Waals surface area contributed by atoms with Crippen LogP contribution in [-0.4, -0.2) is 38.8 Å². The standard InChI is InChI=1S/C12H22N2O4S.ClH/c1-18-12(15)10-4-2-3-5-11(10)19(16,17)14-9-6-8(13)7-9;/h8-11,14H,2-7,13H2,1H3;1H. The van der Waals surface area contributed by atoms with Crippen molar-refractivity contribution in [3.63, 3.8) is 0 Å². The predicted molar refractivity (Wildman–Crippen MR) is 78.1 cm³/mol. The van der Waals surface area contributed by atoms with Gasteiger partial charge in [0.1, 0.15) is 0 Å². The smallest absolute Gasteiger partial charge is 0.310 e. The summed E-state index contributed by atoms with van der Waals surface area (Å²) in [6.45, 7) is 0. The molecule has 6 nitrogen and oxygen atoms in total. The highest BCUT2D eigenvalue weighted by atomic mass is 35.5. The van der Waals surface area contributed by atoms with E-state index in [1.165, 1.54) is 7.11 Å². The average Bonchev–Trinajstić information content (AvgIpc) is 2.36. The maximum atomic E-state index is 12.4. The minimum atomic E-state index is -3.48. The number of nitrogens with one attached hydrogen (secondary N) is 1. The quantitative estimate of drug-likeness (QED) is 0.735. The van der Waals surface area contributed by atoms with Gasteiger partial charge >= 0.3 is 5.97 Å². The van der Waals surface area contributed by atoms with Crippen LogP contribution in [0.15, 0.2) is 0 Å². The van der Waals surface area contributed by atoms with Gasteiger partial charge in [-0.15, -0.1) is 12.4 Å². The fourth-order valence-corrected chi connectivity index (χ4v) is 4.96. The summed E-state index contributed by atoms with van der Waals surface area (Å²) >= 11 is 0. The van der Waals surface area contributed by atoms with Crippen LogP contribution >= 0.6 is 12.4 Å². The van der Waals surface area contributed by atoms with Gasteiger partial charge in [0.2, 0.25) is 10.0 Å². The Kier molecular flexibility index (Phi) is 6.25. The first kappa shape index (κ1) is 17.7. The molecular weight excluding hydrogens is 304 g/mol. The van der Waals surface area contributed by atoms with Crippen molar-refractivity contribution in [2.24, 2.45) is 11.7 Å². The maximum Gasteiger partial charge on any atom is 0.310 e. The van der Waals surface area contributed by atoms with Crippen LogP contribution in [0.1, 0.15) is 38.5 Å². The fraction of sp³-hybridized carbons (Fsp3) is 0.917. The van der Waals surface area contributed by atoms with E-state index in [1.807, 2.05) is 0 Å². The van der Waals surface area contributed by atoms with Crippen molar-refractivity contribution in [2.75, 3.05) is 7.11 Å². The van der Waals surface area contributed by atoms with Crippen molar-refractivity contribution < 1.29 is 17.9 Å². The molecule has 8 heteroatoms. The number of halogens is 1. The Labute approximate surface area is 126 Å². The molecule has 0 bridgehead atoms. The summed E-state index contributed by atoms with van der Waals surface area (Å²) in [7, 11) is -2.17. The van der Waals surface area contributed by atoms with Gasteiger partial charge in [0.05, 0.1) is 18.3 Å². The first-order chi connectivity index (χ1) is 8.94. The molecule has 2 unspecified atom stereocenters. The Balaban J connectivity index is 0.00000200. The second-order valence-corrected chi connectivity index (χ2v) is 7.48. The molecule has 0 saturated heterocycles. The lowest BCUT2D eigenvalue weighted by atomic mass is 9.88. The Morgan fingerprint density at radius 1 is 1.25 bits per heavy atom. The molecule has 3 N–H and O–H groups in total. The average molecular weight is 327 g/mol. The van der Waals surface area contributed by atoms with Crippen molar-refractivity contribution in [1.82, 2.24) is 4.72 Å². The summed E-state index contributed by atoms with van der Waals surface area (Å²) in [5.41, 5.74) is 5.65. The van der Waals surface area contributed by atoms with E-state index in [4.69, 9.17) is 10.5 Å². The van der Waals surface area contributed by atoms with Crippen molar-refractivity contribution in [2.45, 2.75) is 55.9 Å². The van der Waals surface area contributed by atoms with E-state index in [2.05, 4.69) is 4.72 Å². The first-order valence-corrected chi connectivity index (χ1v) is 8.33. The van der Waals surface area contributed by atoms with E-state index >= 15 is 0 Å². The van der Waals surface area contributed by atoms with Crippen molar-refractivity contribution in [1.29, 1.82) is 0 Å². The molecule has 0 aromatic rings. The van der Waals surface area contributed by atoms with E-state index in [0.717, 1.165) is 12.8 Å². The lowest BCUT2D eigenvalue weighted by molar-refractivity contribution is -0.146. The second kappa shape index (κ2) is 7.06. The number of methoxy groups -OCH3 is 1. The second-order valence-electron chi connectivity index (χ2n) is 5.54. The number of carbonyl (C=O) groups is 1. The molecule has 0 aliphatic heterocycles. The monoisotopic (exact) mass is 326 g/mol. The minimum Gasteiger partial charge on any atom is -0.469 e. The zero-order chi connectivity index (χ0) is 14.0. The number of esters is 1. The van der Waals surface area contributed by atoms with Gasteiger partial charge in [-0.25, -0.2) is 13.1 Å². The molecule has 2 aliphatic rings. The van der Waals surface area contributed by atoms with Gasteiger partial charge in [0.25, 0.3) is 0 Å². The number of hydrogen-bond acceptors (Lipinski definition) is 5. The summed E-state index contributed by atoms with van der Waals surface area (Å²) < 4.78 is 32.1. The molecule has 0 heterocycles. The Morgan fingerprint density at radius 2 is 1.85 bits per heavy atom. The summed E-state index contributed by atoms with van der Waals surface area (Å²) in [6.07, 6.45) is 4.17. The van der Waals surface area contributed by atoms with Crippen LogP contribution in [0.5, 0.6) is 0 Å². The molecule has 118 valence electrons. The fourth-order valence-electron chi connectivity index (χ4n) is 2.97. The molecule has 20 heavy (non-hydrogen) atoms. The van der Waals surface area contributed by atoms with Crippen LogP contribution in [0, 0.1) is 5.92 Å². The van der Waals surface area contributed by atoms with Gasteiger partial charge in [-0.1, -0.05) is 12.8 Å². The van der Waals surface area contributed by atoms with Crippen LogP contribution in [0.2, 0.25) is 0 Å². The zero-order valence-electron chi connectivity index (χ0n) is 11.6. The normalized spacial score (nSPS) is 33.7. The third kappa shape index (κ3) is 3.84. The molecule has 0 aromatic carbocycles. The molecule has 2 saturated carbocycles. The minimum absolute atomic E-state index is 0. The highest BCUT2D eigenvalue weighted by Gasteiger charge is 2.42. The summed E-state index contributed by atoms with van der Waals surface area (Å²) in [6, 6.07) is 0.0238. The number of nitrogens with two attached hydrogens (primary N) is 1. The molecule has 2 aliphatic carbocycles. The highest BCUT2D eigenvalue weighted by Crippen LogP contribution is 2.31. The number of rotatable bonds is 4. The lowest BCUT2D eigenvalue weighted by Crippen LogP contribution is -2.54. The maximum absolute atomic E-state index is 12.4.